The van der Waals surface area contributed by atoms with Crippen molar-refractivity contribution in [2.45, 2.75) is 37.2 Å². The first-order valence-electron chi connectivity index (χ1n) is 9.16. The number of Topliss-reactive ketones (excluding diaryl/α,β-unsaturated/α-hetero) is 1. The van der Waals surface area contributed by atoms with Crippen LogP contribution in [0.15, 0.2) is 0 Å². The number of carboxylic acid groups (broad SMARTS) is 1. The predicted octanol–water partition coefficient (Wildman–Crippen LogP) is 1.31. The molecule has 2 unspecified atom stereocenters. The predicted molar refractivity (Wildman–Crippen MR) is 128 cm³/mol. The molecule has 1 fully saturated rings. The fourth-order valence-electron chi connectivity index (χ4n) is 1.91. The first-order chi connectivity index (χ1) is 14.3. The number of hydrogen-bond donors (Lipinski definition) is 3. The number of aldehydes is 1. The summed E-state index contributed by atoms with van der Waals surface area (Å²) < 4.78 is 0. The Kier molecular flexibility index (Phi) is 21.2. The molecule has 1 aliphatic heterocycles. The Morgan fingerprint density at radius 2 is 1.90 bits per heavy atom. The van der Waals surface area contributed by atoms with Crippen molar-refractivity contribution in [1.82, 2.24) is 10.2 Å². The number of nitrogens with zero attached hydrogens (tertiary/aromatic N) is 1. The monoisotopic (exact) mass is 501 g/mol. The fraction of sp³-hybridized carbons (Fsp3) is 0.706. The van der Waals surface area contributed by atoms with Gasteiger partial charge in [0.05, 0.1) is 10.5 Å². The van der Waals surface area contributed by atoms with Crippen molar-refractivity contribution in [3.05, 3.63) is 0 Å². The van der Waals surface area contributed by atoms with Crippen molar-refractivity contribution in [3.8, 4) is 0 Å². The number of likely N-dealkylation sites (tertiary alicyclic amines) is 1. The number of amides is 2. The van der Waals surface area contributed by atoms with Gasteiger partial charge in [0, 0.05) is 37.4 Å². The number of nitrogens with one attached hydrogen (secondary N) is 1. The molecule has 1 aliphatic rings. The van der Waals surface area contributed by atoms with Crippen molar-refractivity contribution < 1.29 is 29.1 Å². The molecule has 0 saturated carbocycles. The van der Waals surface area contributed by atoms with Crippen LogP contribution in [0.2, 0.25) is 0 Å². The molecule has 0 aliphatic carbocycles. The second-order valence-electron chi connectivity index (χ2n) is 5.26. The third-order valence-corrected chi connectivity index (χ3v) is 7.44. The van der Waals surface area contributed by atoms with Gasteiger partial charge in [0.2, 0.25) is 11.8 Å². The maximum atomic E-state index is 11.8. The van der Waals surface area contributed by atoms with Crippen molar-refractivity contribution >= 4 is 75.2 Å². The van der Waals surface area contributed by atoms with Gasteiger partial charge in [-0.2, -0.15) is 11.8 Å². The molecule has 1 rings (SSSR count). The summed E-state index contributed by atoms with van der Waals surface area (Å²) in [6.45, 7) is 5.53. The van der Waals surface area contributed by atoms with Crippen molar-refractivity contribution in [2.24, 2.45) is 5.14 Å². The van der Waals surface area contributed by atoms with Crippen LogP contribution in [-0.2, 0) is 24.0 Å². The van der Waals surface area contributed by atoms with Crippen LogP contribution < -0.4 is 10.5 Å². The van der Waals surface area contributed by atoms with Crippen LogP contribution in [0, 0.1) is 0 Å². The summed E-state index contributed by atoms with van der Waals surface area (Å²) in [5.74, 6) is -0.776. The number of nitrogens with two attached hydrogens (primary N) is 1. The molecule has 1 heterocycles. The topological polar surface area (TPSA) is 147 Å². The smallest absolute Gasteiger partial charge is 0.373 e. The summed E-state index contributed by atoms with van der Waals surface area (Å²) in [5.41, 5.74) is 0. The van der Waals surface area contributed by atoms with E-state index in [9.17, 15) is 24.0 Å². The number of carboxylic acids is 1. The summed E-state index contributed by atoms with van der Waals surface area (Å²) in [6, 6.07) is 0. The number of carbonyl (C=O) groups excluding carboxylic acids is 4. The number of thioether (sulfide) groups is 1. The van der Waals surface area contributed by atoms with E-state index in [1.165, 1.54) is 16.7 Å². The molecule has 2 amide bonds. The Hall–Kier alpha value is -0.730. The number of hydrogen-bond acceptors (Lipinski definition) is 11. The fourth-order valence-corrected chi connectivity index (χ4v) is 4.92. The molecular formula is C17H31N3O6S4. The van der Waals surface area contributed by atoms with Gasteiger partial charge in [-0.25, -0.2) is 4.79 Å². The molecule has 9 nitrogen and oxygen atoms in total. The third-order valence-electron chi connectivity index (χ3n) is 3.38. The Labute approximate surface area is 194 Å². The number of carbonyl (C=O) groups is 5. The lowest BCUT2D eigenvalue weighted by atomic mass is 10.2. The lowest BCUT2D eigenvalue weighted by Crippen LogP contribution is -2.33. The van der Waals surface area contributed by atoms with Crippen molar-refractivity contribution in [1.29, 1.82) is 0 Å². The van der Waals surface area contributed by atoms with Crippen LogP contribution in [-0.4, -0.2) is 88.3 Å². The molecule has 4 N–H and O–H groups in total. The van der Waals surface area contributed by atoms with Gasteiger partial charge in [0.1, 0.15) is 6.29 Å². The number of aliphatic carboxylic acids is 1. The van der Waals surface area contributed by atoms with Gasteiger partial charge in [-0.05, 0) is 13.3 Å². The van der Waals surface area contributed by atoms with Crippen molar-refractivity contribution in [3.63, 3.8) is 0 Å². The van der Waals surface area contributed by atoms with E-state index in [4.69, 9.17) is 10.2 Å². The molecule has 0 radical (unpaired) electrons. The minimum atomic E-state index is -1.56. The maximum Gasteiger partial charge on any atom is 0.373 e. The second-order valence-corrected chi connectivity index (χ2v) is 9.84. The third kappa shape index (κ3) is 12.8. The van der Waals surface area contributed by atoms with Gasteiger partial charge in [-0.3, -0.25) is 24.4 Å². The lowest BCUT2D eigenvalue weighted by molar-refractivity contribution is -0.148. The highest BCUT2D eigenvalue weighted by Gasteiger charge is 2.37. The summed E-state index contributed by atoms with van der Waals surface area (Å²) in [6.07, 6.45) is 2.55. The Balaban J connectivity index is 0. The zero-order valence-corrected chi connectivity index (χ0v) is 20.9. The first kappa shape index (κ1) is 31.5. The zero-order chi connectivity index (χ0) is 23.5. The minimum Gasteiger partial charge on any atom is -0.475 e. The number of rotatable bonds is 13. The molecule has 30 heavy (non-hydrogen) atoms. The van der Waals surface area contributed by atoms with Crippen LogP contribution in [0.3, 0.4) is 0 Å². The molecule has 0 spiro atoms. The van der Waals surface area contributed by atoms with Crippen molar-refractivity contribution in [2.75, 3.05) is 37.9 Å². The molecule has 0 aromatic carbocycles. The molecule has 0 bridgehead atoms. The minimum absolute atomic E-state index is 0.0108. The summed E-state index contributed by atoms with van der Waals surface area (Å²) in [4.78, 5) is 55.3. The Bertz CT molecular complexity index is 554. The van der Waals surface area contributed by atoms with E-state index in [1.54, 1.807) is 21.6 Å². The van der Waals surface area contributed by atoms with E-state index in [0.29, 0.717) is 31.2 Å². The van der Waals surface area contributed by atoms with Gasteiger partial charge in [0.15, 0.2) is 0 Å². The molecule has 13 heteroatoms. The van der Waals surface area contributed by atoms with Crippen LogP contribution in [0.25, 0.3) is 0 Å². The molecule has 0 aromatic heterocycles. The Morgan fingerprint density at radius 1 is 1.30 bits per heavy atom. The number of ketones is 1. The van der Waals surface area contributed by atoms with E-state index >= 15 is 0 Å². The van der Waals surface area contributed by atoms with E-state index in [2.05, 4.69) is 5.32 Å². The highest BCUT2D eigenvalue weighted by molar-refractivity contribution is 8.76. The SMILES string of the molecule is CC.CNCCSSCCN1C(=O)CC(SC)C1=O.NSC(CC=O)C(=O)C(=O)O. The standard InChI is InChI=1S/C10H18N2O2S3.C5H7NO4S.C2H6/c1-11-3-5-16-17-6-4-12-9(13)7-8(15-2)10(12)14;6-11-3(1-2-7)4(8)5(9)10;1-2/h8,11H,3-7H2,1-2H3;2-3H,1,6H2,(H,9,10);1-2H3. The largest absolute Gasteiger partial charge is 0.475 e. The average molecular weight is 502 g/mol. The highest BCUT2D eigenvalue weighted by atomic mass is 33.1. The highest BCUT2D eigenvalue weighted by Crippen LogP contribution is 2.25. The van der Waals surface area contributed by atoms with Crippen LogP contribution in [0.4, 0.5) is 0 Å². The molecule has 2 atom stereocenters. The quantitative estimate of drug-likeness (QED) is 0.0834. The summed E-state index contributed by atoms with van der Waals surface area (Å²) >= 11 is 2.04. The average Bonchev–Trinajstić information content (AvgIpc) is 3.03. The van der Waals surface area contributed by atoms with Gasteiger partial charge >= 0.3 is 5.97 Å². The van der Waals surface area contributed by atoms with Gasteiger partial charge < -0.3 is 15.2 Å². The normalized spacial score (nSPS) is 16.2. The van der Waals surface area contributed by atoms with Crippen LogP contribution in [0.5, 0.6) is 0 Å². The lowest BCUT2D eigenvalue weighted by Gasteiger charge is -2.13. The first-order valence-corrected chi connectivity index (χ1v) is 13.9. The van der Waals surface area contributed by atoms with Gasteiger partial charge in [-0.1, -0.05) is 47.4 Å². The summed E-state index contributed by atoms with van der Waals surface area (Å²) in [7, 11) is 5.41. The van der Waals surface area contributed by atoms with E-state index in [-0.39, 0.29) is 23.5 Å². The molecule has 174 valence electrons. The second kappa shape index (κ2) is 20.2. The number of imide groups is 1. The van der Waals surface area contributed by atoms with E-state index in [1.807, 2.05) is 27.2 Å². The van der Waals surface area contributed by atoms with E-state index in [0.717, 1.165) is 18.1 Å². The Morgan fingerprint density at radius 3 is 2.33 bits per heavy atom. The van der Waals surface area contributed by atoms with E-state index < -0.39 is 17.0 Å². The zero-order valence-electron chi connectivity index (χ0n) is 17.6. The summed E-state index contributed by atoms with van der Waals surface area (Å²) in [5, 5.41) is 15.1. The van der Waals surface area contributed by atoms with Gasteiger partial charge in [0.25, 0.3) is 5.78 Å². The molecular weight excluding hydrogens is 470 g/mol. The molecule has 1 saturated heterocycles. The molecule has 0 aromatic rings. The maximum absolute atomic E-state index is 11.8. The van der Waals surface area contributed by atoms with Crippen LogP contribution in [0.1, 0.15) is 26.7 Å². The van der Waals surface area contributed by atoms with Crippen LogP contribution >= 0.6 is 45.3 Å². The van der Waals surface area contributed by atoms with Gasteiger partial charge in [-0.15, -0.1) is 0 Å².